The Labute approximate surface area is 162 Å². The van der Waals surface area contributed by atoms with E-state index in [0.29, 0.717) is 28.0 Å². The summed E-state index contributed by atoms with van der Waals surface area (Å²) in [6.45, 7) is 4.88. The molecule has 0 aromatic carbocycles. The molecule has 0 saturated heterocycles. The van der Waals surface area contributed by atoms with Gasteiger partial charge in [0.15, 0.2) is 0 Å². The Morgan fingerprint density at radius 3 is 2.61 bits per heavy atom. The van der Waals surface area contributed by atoms with Crippen LogP contribution in [0.3, 0.4) is 0 Å². The minimum atomic E-state index is -4.57. The van der Waals surface area contributed by atoms with Crippen LogP contribution in [0.25, 0.3) is 0 Å². The molecule has 6 nitrogen and oxygen atoms in total. The number of rotatable bonds is 4. The maximum atomic E-state index is 13.1. The molecule has 3 aromatic heterocycles. The fourth-order valence-corrected chi connectivity index (χ4v) is 3.07. The van der Waals surface area contributed by atoms with E-state index in [9.17, 15) is 18.3 Å². The van der Waals surface area contributed by atoms with E-state index in [1.165, 1.54) is 11.2 Å². The summed E-state index contributed by atoms with van der Waals surface area (Å²) in [4.78, 5) is 15.4. The molecular formula is C17H16BF3N4O2S. The molecule has 0 aliphatic rings. The number of alkyl halides is 3. The summed E-state index contributed by atoms with van der Waals surface area (Å²) < 4.78 is 45.0. The van der Waals surface area contributed by atoms with Crippen LogP contribution >= 0.6 is 11.2 Å². The van der Waals surface area contributed by atoms with E-state index in [1.807, 2.05) is 0 Å². The van der Waals surface area contributed by atoms with Gasteiger partial charge >= 0.3 is 162 Å². The van der Waals surface area contributed by atoms with Crippen LogP contribution in [0, 0.1) is 6.92 Å². The Kier molecular flexibility index (Phi) is 5.40. The Bertz CT molecular complexity index is 1060. The number of hydrogen-bond acceptors (Lipinski definition) is 6. The molecule has 0 aliphatic carbocycles. The summed E-state index contributed by atoms with van der Waals surface area (Å²) in [5, 5.41) is 10.0. The molecule has 28 heavy (non-hydrogen) atoms. The number of aromatic nitrogens is 3. The van der Waals surface area contributed by atoms with Crippen molar-refractivity contribution in [2.75, 3.05) is 0 Å². The second kappa shape index (κ2) is 7.48. The van der Waals surface area contributed by atoms with Crippen LogP contribution in [0.4, 0.5) is 19.0 Å². The Morgan fingerprint density at radius 2 is 2.00 bits per heavy atom. The van der Waals surface area contributed by atoms with E-state index in [0.717, 1.165) is 6.07 Å². The molecule has 3 aromatic rings. The molecule has 11 heteroatoms. The van der Waals surface area contributed by atoms with Crippen LogP contribution in [0.2, 0.25) is 0 Å². The molecule has 0 bridgehead atoms. The average molecular weight is 408 g/mol. The third kappa shape index (κ3) is 4.65. The second-order valence-corrected chi connectivity index (χ2v) is 7.34. The SMILES string of the molecule is Cc1ncccc1Oc1cc(C(F)(F)F)cnc1/N=c1/[nH]c(C(C)(C)O)bs1. The van der Waals surface area contributed by atoms with Crippen molar-refractivity contribution in [3.05, 3.63) is 52.2 Å². The number of aromatic amines is 1. The van der Waals surface area contributed by atoms with Gasteiger partial charge in [0.25, 0.3) is 0 Å². The van der Waals surface area contributed by atoms with Crippen LogP contribution in [-0.2, 0) is 11.8 Å². The van der Waals surface area contributed by atoms with Crippen molar-refractivity contribution < 1.29 is 23.0 Å². The number of nitrogens with one attached hydrogen (secondary N) is 1. The molecule has 146 valence electrons. The zero-order valence-corrected chi connectivity index (χ0v) is 16.0. The maximum absolute atomic E-state index is 13.1. The van der Waals surface area contributed by atoms with Gasteiger partial charge in [-0.25, -0.2) is 0 Å². The fraction of sp³-hybridized carbons (Fsp3) is 0.294. The summed E-state index contributed by atoms with van der Waals surface area (Å²) in [5.74, 6) is 0.113. The van der Waals surface area contributed by atoms with Gasteiger partial charge in [0.05, 0.1) is 0 Å². The topological polar surface area (TPSA) is 83.4 Å². The molecule has 3 rings (SSSR count). The van der Waals surface area contributed by atoms with E-state index in [4.69, 9.17) is 4.74 Å². The molecule has 0 unspecified atom stereocenters. The van der Waals surface area contributed by atoms with Crippen LogP contribution in [0.1, 0.15) is 30.7 Å². The number of ether oxygens (including phenoxy) is 1. The predicted octanol–water partition coefficient (Wildman–Crippen LogP) is 3.78. The first-order valence-corrected chi connectivity index (χ1v) is 9.04. The van der Waals surface area contributed by atoms with Gasteiger partial charge in [-0.2, -0.15) is 0 Å². The van der Waals surface area contributed by atoms with Gasteiger partial charge in [0, 0.05) is 0 Å². The van der Waals surface area contributed by atoms with Crippen molar-refractivity contribution in [2.24, 2.45) is 4.99 Å². The number of halogens is 3. The Morgan fingerprint density at radius 1 is 1.25 bits per heavy atom. The summed E-state index contributed by atoms with van der Waals surface area (Å²) in [6, 6.07) is 4.06. The summed E-state index contributed by atoms with van der Waals surface area (Å²) in [6.07, 6.45) is -0.644. The summed E-state index contributed by atoms with van der Waals surface area (Å²) in [7, 11) is 0. The van der Waals surface area contributed by atoms with Gasteiger partial charge in [-0.3, -0.25) is 0 Å². The van der Waals surface area contributed by atoms with Crippen LogP contribution in [0.15, 0.2) is 35.6 Å². The molecule has 0 atom stereocenters. The minimum absolute atomic E-state index is 0.0309. The van der Waals surface area contributed by atoms with Crippen LogP contribution in [0.5, 0.6) is 11.5 Å². The normalized spacial score (nSPS) is 12.9. The van der Waals surface area contributed by atoms with Crippen molar-refractivity contribution in [3.8, 4) is 11.5 Å². The van der Waals surface area contributed by atoms with Crippen molar-refractivity contribution in [1.29, 1.82) is 0 Å². The van der Waals surface area contributed by atoms with Gasteiger partial charge in [-0.1, -0.05) is 0 Å². The quantitative estimate of drug-likeness (QED) is 0.688. The number of aryl methyl sites for hydroxylation is 1. The molecule has 0 amide bonds. The van der Waals surface area contributed by atoms with Gasteiger partial charge in [0.2, 0.25) is 0 Å². The first-order chi connectivity index (χ1) is 13.0. The summed E-state index contributed by atoms with van der Waals surface area (Å²) in [5.41, 5.74) is -1.02. The number of aliphatic hydroxyl groups is 1. The molecule has 0 fully saturated rings. The molecule has 0 aliphatic heterocycles. The van der Waals surface area contributed by atoms with E-state index in [2.05, 4.69) is 19.9 Å². The zero-order chi connectivity index (χ0) is 20.5. The van der Waals surface area contributed by atoms with Gasteiger partial charge in [0.1, 0.15) is 0 Å². The second-order valence-electron chi connectivity index (χ2n) is 6.48. The number of H-pyrrole nitrogens is 1. The van der Waals surface area contributed by atoms with Gasteiger partial charge < -0.3 is 0 Å². The first kappa shape index (κ1) is 20.2. The fourth-order valence-electron chi connectivity index (χ4n) is 2.18. The molecule has 0 spiro atoms. The molecule has 2 N–H and O–H groups in total. The van der Waals surface area contributed by atoms with Crippen molar-refractivity contribution in [2.45, 2.75) is 32.5 Å². The van der Waals surface area contributed by atoms with E-state index < -0.39 is 17.3 Å². The van der Waals surface area contributed by atoms with Gasteiger partial charge in [-0.05, 0) is 0 Å². The number of pyridine rings is 2. The van der Waals surface area contributed by atoms with Crippen molar-refractivity contribution in [1.82, 2.24) is 15.0 Å². The zero-order valence-electron chi connectivity index (χ0n) is 15.2. The Hall–Kier alpha value is -2.53. The van der Waals surface area contributed by atoms with E-state index >= 15 is 0 Å². The summed E-state index contributed by atoms with van der Waals surface area (Å²) >= 11 is 1.19. The third-order valence-electron chi connectivity index (χ3n) is 3.74. The van der Waals surface area contributed by atoms with Crippen LogP contribution in [-0.4, -0.2) is 26.2 Å². The average Bonchev–Trinajstić information content (AvgIpc) is 3.06. The predicted molar refractivity (Wildman–Crippen MR) is 98.8 cm³/mol. The first-order valence-electron chi connectivity index (χ1n) is 8.16. The van der Waals surface area contributed by atoms with E-state index in [1.54, 1.807) is 45.3 Å². The van der Waals surface area contributed by atoms with Crippen molar-refractivity contribution >= 4 is 23.2 Å². The van der Waals surface area contributed by atoms with Crippen LogP contribution < -0.4 is 9.54 Å². The Balaban J connectivity index is 2.09. The van der Waals surface area contributed by atoms with Crippen molar-refractivity contribution in [3.63, 3.8) is 0 Å². The third-order valence-corrected chi connectivity index (χ3v) is 4.51. The molecule has 0 saturated carbocycles. The number of hydrogen-bond donors (Lipinski definition) is 2. The molecular weight excluding hydrogens is 392 g/mol. The van der Waals surface area contributed by atoms with Gasteiger partial charge in [-0.15, -0.1) is 0 Å². The molecule has 0 radical (unpaired) electrons. The monoisotopic (exact) mass is 408 g/mol. The number of nitrogens with zero attached hydrogens (tertiary/aromatic N) is 3. The molecule has 3 heterocycles. The van der Waals surface area contributed by atoms with E-state index in [-0.39, 0.29) is 11.6 Å². The standard InChI is InChI=1S/C17H16BF3N4O2S/c1-9-11(5-4-6-22-9)27-12-7-10(17(19,20)21)8-23-13(12)24-15-25-14(18-28-15)16(2,3)26/h4-8,26H,1-3H3,(H,23,24,25).